The van der Waals surface area contributed by atoms with E-state index >= 15 is 0 Å². The normalized spacial score (nSPS) is 20.4. The van der Waals surface area contributed by atoms with Gasteiger partial charge in [-0.25, -0.2) is 4.90 Å². The van der Waals surface area contributed by atoms with Gasteiger partial charge in [0.05, 0.1) is 51.1 Å². The number of carbonyl (C=O) groups excluding carboxylic acids is 2. The number of imide groups is 1. The first-order valence-corrected chi connectivity index (χ1v) is 10.3. The lowest BCUT2D eigenvalue weighted by atomic mass is 10.1. The van der Waals surface area contributed by atoms with Crippen molar-refractivity contribution in [2.75, 3.05) is 43.1 Å². The zero-order chi connectivity index (χ0) is 20.4. The third-order valence-corrected chi connectivity index (χ3v) is 6.07. The fraction of sp³-hybridized carbons (Fsp3) is 0.391. The Morgan fingerprint density at radius 2 is 1.72 bits per heavy atom. The van der Waals surface area contributed by atoms with E-state index in [0.29, 0.717) is 12.1 Å². The topological polar surface area (TPSA) is 54.3 Å². The molecule has 0 bridgehead atoms. The van der Waals surface area contributed by atoms with E-state index in [0.717, 1.165) is 44.0 Å². The molecule has 0 saturated carbocycles. The lowest BCUT2D eigenvalue weighted by Crippen LogP contribution is -3.19. The smallest absolute Gasteiger partial charge is 0.292 e. The molecule has 2 saturated heterocycles. The minimum Gasteiger partial charge on any atom is -0.495 e. The van der Waals surface area contributed by atoms with E-state index in [2.05, 4.69) is 17.9 Å². The summed E-state index contributed by atoms with van der Waals surface area (Å²) in [5, 5.41) is 0. The predicted molar refractivity (Wildman–Crippen MR) is 113 cm³/mol. The summed E-state index contributed by atoms with van der Waals surface area (Å²) in [6, 6.07) is 15.5. The van der Waals surface area contributed by atoms with Gasteiger partial charge in [0.15, 0.2) is 6.04 Å². The van der Waals surface area contributed by atoms with Crippen molar-refractivity contribution in [1.29, 1.82) is 0 Å². The first-order valence-electron chi connectivity index (χ1n) is 10.3. The summed E-state index contributed by atoms with van der Waals surface area (Å²) in [5.41, 5.74) is 2.97. The molecule has 6 heteroatoms. The highest BCUT2D eigenvalue weighted by Gasteiger charge is 2.46. The van der Waals surface area contributed by atoms with Gasteiger partial charge in [-0.1, -0.05) is 31.2 Å². The molecule has 2 amide bonds. The van der Waals surface area contributed by atoms with Crippen molar-refractivity contribution in [3.63, 3.8) is 0 Å². The standard InChI is InChI=1S/C23H27N3O3/c1-3-17-8-10-18(11-9-17)26-22(27)16-20(23(26)28)25-14-12-24(13-15-25)19-6-4-5-7-21(19)29-2/h4-11,20H,3,12-16H2,1-2H3/p+1/t20-/m0/s1. The summed E-state index contributed by atoms with van der Waals surface area (Å²) in [6.45, 7) is 5.40. The quantitative estimate of drug-likeness (QED) is 0.777. The Morgan fingerprint density at radius 1 is 1.03 bits per heavy atom. The average Bonchev–Trinajstić information content (AvgIpc) is 3.07. The number of nitrogens with one attached hydrogen (secondary N) is 1. The summed E-state index contributed by atoms with van der Waals surface area (Å²) in [6.07, 6.45) is 1.23. The van der Waals surface area contributed by atoms with Crippen LogP contribution in [0.15, 0.2) is 48.5 Å². The second kappa shape index (κ2) is 8.25. The van der Waals surface area contributed by atoms with Crippen LogP contribution in [-0.4, -0.2) is 51.1 Å². The summed E-state index contributed by atoms with van der Waals surface area (Å²) in [5.74, 6) is 0.702. The summed E-state index contributed by atoms with van der Waals surface area (Å²) >= 11 is 0. The molecule has 2 heterocycles. The fourth-order valence-corrected chi connectivity index (χ4v) is 4.38. The number of para-hydroxylation sites is 2. The highest BCUT2D eigenvalue weighted by Crippen LogP contribution is 2.28. The Balaban J connectivity index is 1.43. The van der Waals surface area contributed by atoms with Crippen molar-refractivity contribution in [2.45, 2.75) is 25.8 Å². The third-order valence-electron chi connectivity index (χ3n) is 6.07. The van der Waals surface area contributed by atoms with E-state index in [1.165, 1.54) is 15.4 Å². The number of hydrogen-bond acceptors (Lipinski definition) is 4. The van der Waals surface area contributed by atoms with Crippen molar-refractivity contribution >= 4 is 23.2 Å². The van der Waals surface area contributed by atoms with Gasteiger partial charge in [0, 0.05) is 0 Å². The van der Waals surface area contributed by atoms with Gasteiger partial charge >= 0.3 is 0 Å². The number of anilines is 2. The number of carbonyl (C=O) groups is 2. The van der Waals surface area contributed by atoms with Crippen LogP contribution >= 0.6 is 0 Å². The van der Waals surface area contributed by atoms with Gasteiger partial charge in [0.25, 0.3) is 5.91 Å². The first kappa shape index (κ1) is 19.5. The van der Waals surface area contributed by atoms with Crippen molar-refractivity contribution in [3.8, 4) is 5.75 Å². The lowest BCUT2D eigenvalue weighted by molar-refractivity contribution is -0.915. The SMILES string of the molecule is CCc1ccc(N2C(=O)C[C@H]([NH+]3CCN(c4ccccc4OC)CC3)C2=O)cc1. The highest BCUT2D eigenvalue weighted by molar-refractivity contribution is 6.21. The van der Waals surface area contributed by atoms with E-state index in [4.69, 9.17) is 4.74 Å². The fourth-order valence-electron chi connectivity index (χ4n) is 4.38. The zero-order valence-electron chi connectivity index (χ0n) is 17.1. The van der Waals surface area contributed by atoms with Crippen LogP contribution in [0, 0.1) is 0 Å². The minimum absolute atomic E-state index is 0.0695. The molecule has 2 aromatic rings. The van der Waals surface area contributed by atoms with E-state index in [1.807, 2.05) is 42.5 Å². The lowest BCUT2D eigenvalue weighted by Gasteiger charge is -2.36. The number of amides is 2. The second-order valence-electron chi connectivity index (χ2n) is 7.66. The predicted octanol–water partition coefficient (Wildman–Crippen LogP) is 1.29. The summed E-state index contributed by atoms with van der Waals surface area (Å²) in [7, 11) is 1.69. The molecular weight excluding hydrogens is 366 g/mol. The molecular formula is C23H28N3O3+. The number of methoxy groups -OCH3 is 1. The molecule has 2 aromatic carbocycles. The summed E-state index contributed by atoms with van der Waals surface area (Å²) in [4.78, 5) is 30.6. The third kappa shape index (κ3) is 3.72. The Labute approximate surface area is 171 Å². The summed E-state index contributed by atoms with van der Waals surface area (Å²) < 4.78 is 5.48. The second-order valence-corrected chi connectivity index (χ2v) is 7.66. The van der Waals surface area contributed by atoms with Gasteiger partial charge in [-0.2, -0.15) is 0 Å². The van der Waals surface area contributed by atoms with E-state index < -0.39 is 0 Å². The molecule has 6 nitrogen and oxygen atoms in total. The van der Waals surface area contributed by atoms with Gasteiger partial charge < -0.3 is 14.5 Å². The van der Waals surface area contributed by atoms with Gasteiger partial charge in [-0.3, -0.25) is 9.59 Å². The van der Waals surface area contributed by atoms with Crippen LogP contribution in [0.25, 0.3) is 0 Å². The Hall–Kier alpha value is -2.86. The Morgan fingerprint density at radius 3 is 2.38 bits per heavy atom. The van der Waals surface area contributed by atoms with Gasteiger partial charge in [0.1, 0.15) is 5.75 Å². The maximum atomic E-state index is 13.1. The van der Waals surface area contributed by atoms with Crippen molar-refractivity contribution in [3.05, 3.63) is 54.1 Å². The number of quaternary nitrogens is 1. The Kier molecular flexibility index (Phi) is 5.53. The van der Waals surface area contributed by atoms with Crippen molar-refractivity contribution < 1.29 is 19.2 Å². The van der Waals surface area contributed by atoms with E-state index in [1.54, 1.807) is 7.11 Å². The molecule has 0 radical (unpaired) electrons. The molecule has 1 N–H and O–H groups in total. The maximum absolute atomic E-state index is 13.1. The van der Waals surface area contributed by atoms with Crippen LogP contribution in [-0.2, 0) is 16.0 Å². The molecule has 1 atom stereocenters. The van der Waals surface area contributed by atoms with Crippen LogP contribution in [0.3, 0.4) is 0 Å². The monoisotopic (exact) mass is 394 g/mol. The van der Waals surface area contributed by atoms with Gasteiger partial charge in [0.2, 0.25) is 5.91 Å². The molecule has 2 aliphatic rings. The molecule has 2 fully saturated rings. The van der Waals surface area contributed by atoms with E-state index in [9.17, 15) is 9.59 Å². The molecule has 152 valence electrons. The first-order chi connectivity index (χ1) is 14.1. The Bertz CT molecular complexity index is 888. The number of rotatable bonds is 5. The average molecular weight is 394 g/mol. The molecule has 0 unspecified atom stereocenters. The van der Waals surface area contributed by atoms with Crippen LogP contribution in [0.2, 0.25) is 0 Å². The van der Waals surface area contributed by atoms with Crippen molar-refractivity contribution in [1.82, 2.24) is 0 Å². The molecule has 0 aliphatic carbocycles. The van der Waals surface area contributed by atoms with Gasteiger partial charge in [-0.05, 0) is 36.2 Å². The molecule has 0 spiro atoms. The van der Waals surface area contributed by atoms with Crippen LogP contribution in [0.5, 0.6) is 5.75 Å². The number of hydrogen-bond donors (Lipinski definition) is 1. The number of benzene rings is 2. The maximum Gasteiger partial charge on any atom is 0.292 e. The molecule has 29 heavy (non-hydrogen) atoms. The molecule has 2 aliphatic heterocycles. The minimum atomic E-state index is -0.284. The number of piperazine rings is 1. The largest absolute Gasteiger partial charge is 0.495 e. The van der Waals surface area contributed by atoms with E-state index in [-0.39, 0.29) is 17.9 Å². The highest BCUT2D eigenvalue weighted by atomic mass is 16.5. The molecule has 4 rings (SSSR count). The zero-order valence-corrected chi connectivity index (χ0v) is 17.1. The van der Waals surface area contributed by atoms with Gasteiger partial charge in [-0.15, -0.1) is 0 Å². The van der Waals surface area contributed by atoms with Crippen LogP contribution in [0.1, 0.15) is 18.9 Å². The number of ether oxygens (including phenoxy) is 1. The van der Waals surface area contributed by atoms with Crippen molar-refractivity contribution in [2.24, 2.45) is 0 Å². The number of aryl methyl sites for hydroxylation is 1. The van der Waals surface area contributed by atoms with Crippen LogP contribution in [0.4, 0.5) is 11.4 Å². The number of nitrogens with zero attached hydrogens (tertiary/aromatic N) is 2. The molecule has 0 aromatic heterocycles. The van der Waals surface area contributed by atoms with Crippen LogP contribution < -0.4 is 19.4 Å².